The van der Waals surface area contributed by atoms with Gasteiger partial charge in [0.1, 0.15) is 5.75 Å². The Morgan fingerprint density at radius 3 is 2.53 bits per heavy atom. The van der Waals surface area contributed by atoms with Crippen molar-refractivity contribution in [2.45, 2.75) is 13.0 Å². The maximum absolute atomic E-state index is 11.1. The zero-order valence-electron chi connectivity index (χ0n) is 10.7. The van der Waals surface area contributed by atoms with Gasteiger partial charge in [0.2, 0.25) is 0 Å². The van der Waals surface area contributed by atoms with E-state index in [9.17, 15) is 4.79 Å². The van der Waals surface area contributed by atoms with Gasteiger partial charge in [0.05, 0.1) is 13.0 Å². The summed E-state index contributed by atoms with van der Waals surface area (Å²) in [4.78, 5) is 13.0. The van der Waals surface area contributed by atoms with Gasteiger partial charge in [-0.3, -0.25) is 4.79 Å². The number of hydrogen-bond acceptors (Lipinski definition) is 3. The standard InChI is InChI=1S/C13H19NO3/c1-9(13(15)16)12(14(2)3)10-6-5-7-11(8-10)17-4/h5-9,12H,1-4H3,(H,15,16). The minimum Gasteiger partial charge on any atom is -0.497 e. The lowest BCUT2D eigenvalue weighted by Crippen LogP contribution is -2.30. The second kappa shape index (κ2) is 5.68. The van der Waals surface area contributed by atoms with Crippen LogP contribution in [-0.4, -0.2) is 37.2 Å². The van der Waals surface area contributed by atoms with Crippen molar-refractivity contribution in [3.8, 4) is 5.75 Å². The second-order valence-electron chi connectivity index (χ2n) is 4.31. The average molecular weight is 237 g/mol. The maximum atomic E-state index is 11.1. The molecule has 0 fully saturated rings. The molecule has 0 aliphatic carbocycles. The van der Waals surface area contributed by atoms with Gasteiger partial charge < -0.3 is 14.7 Å². The van der Waals surface area contributed by atoms with Crippen molar-refractivity contribution >= 4 is 5.97 Å². The van der Waals surface area contributed by atoms with Crippen molar-refractivity contribution in [2.24, 2.45) is 5.92 Å². The first kappa shape index (κ1) is 13.5. The molecule has 0 saturated carbocycles. The van der Waals surface area contributed by atoms with Crippen LogP contribution in [0.2, 0.25) is 0 Å². The Morgan fingerprint density at radius 1 is 1.41 bits per heavy atom. The first-order chi connectivity index (χ1) is 7.97. The van der Waals surface area contributed by atoms with E-state index in [0.717, 1.165) is 11.3 Å². The number of carboxylic acids is 1. The lowest BCUT2D eigenvalue weighted by molar-refractivity contribution is -0.143. The van der Waals surface area contributed by atoms with Crippen LogP contribution in [0.1, 0.15) is 18.5 Å². The molecule has 2 unspecified atom stereocenters. The third-order valence-electron chi connectivity index (χ3n) is 2.85. The van der Waals surface area contributed by atoms with Crippen LogP contribution in [0.4, 0.5) is 0 Å². The van der Waals surface area contributed by atoms with Crippen LogP contribution < -0.4 is 4.74 Å². The molecule has 1 N–H and O–H groups in total. The maximum Gasteiger partial charge on any atom is 0.308 e. The summed E-state index contributed by atoms with van der Waals surface area (Å²) in [6, 6.07) is 7.36. The summed E-state index contributed by atoms with van der Waals surface area (Å²) in [6.07, 6.45) is 0. The van der Waals surface area contributed by atoms with Crippen molar-refractivity contribution in [3.05, 3.63) is 29.8 Å². The van der Waals surface area contributed by atoms with Crippen molar-refractivity contribution in [1.82, 2.24) is 4.90 Å². The van der Waals surface area contributed by atoms with Crippen molar-refractivity contribution in [1.29, 1.82) is 0 Å². The minimum atomic E-state index is -0.800. The summed E-state index contributed by atoms with van der Waals surface area (Å²) in [5.74, 6) is -0.532. The molecule has 0 heterocycles. The van der Waals surface area contributed by atoms with E-state index < -0.39 is 11.9 Å². The highest BCUT2D eigenvalue weighted by atomic mass is 16.5. The van der Waals surface area contributed by atoms with Crippen LogP contribution in [0.3, 0.4) is 0 Å². The fraction of sp³-hybridized carbons (Fsp3) is 0.462. The molecule has 0 amide bonds. The highest BCUT2D eigenvalue weighted by Gasteiger charge is 2.27. The third-order valence-corrected chi connectivity index (χ3v) is 2.85. The molecule has 0 aliphatic heterocycles. The van der Waals surface area contributed by atoms with Gasteiger partial charge in [0.25, 0.3) is 0 Å². The van der Waals surface area contributed by atoms with E-state index in [1.54, 1.807) is 14.0 Å². The Hall–Kier alpha value is -1.55. The summed E-state index contributed by atoms with van der Waals surface area (Å²) >= 11 is 0. The van der Waals surface area contributed by atoms with Crippen molar-refractivity contribution in [2.75, 3.05) is 21.2 Å². The predicted octanol–water partition coefficient (Wildman–Crippen LogP) is 2.02. The topological polar surface area (TPSA) is 49.8 Å². The lowest BCUT2D eigenvalue weighted by atomic mass is 9.93. The molecule has 4 heteroatoms. The van der Waals surface area contributed by atoms with Gasteiger partial charge in [-0.05, 0) is 31.8 Å². The van der Waals surface area contributed by atoms with E-state index >= 15 is 0 Å². The Kier molecular flexibility index (Phi) is 4.52. The second-order valence-corrected chi connectivity index (χ2v) is 4.31. The van der Waals surface area contributed by atoms with E-state index in [1.165, 1.54) is 0 Å². The van der Waals surface area contributed by atoms with Gasteiger partial charge >= 0.3 is 5.97 Å². The smallest absolute Gasteiger partial charge is 0.308 e. The Morgan fingerprint density at radius 2 is 2.06 bits per heavy atom. The lowest BCUT2D eigenvalue weighted by Gasteiger charge is -2.28. The largest absolute Gasteiger partial charge is 0.497 e. The molecule has 2 atom stereocenters. The van der Waals surface area contributed by atoms with Gasteiger partial charge in [-0.25, -0.2) is 0 Å². The molecule has 1 rings (SSSR count). The number of carboxylic acid groups (broad SMARTS) is 1. The molecule has 0 saturated heterocycles. The predicted molar refractivity (Wildman–Crippen MR) is 66.2 cm³/mol. The number of rotatable bonds is 5. The number of aliphatic carboxylic acids is 1. The molecular weight excluding hydrogens is 218 g/mol. The van der Waals surface area contributed by atoms with Crippen molar-refractivity contribution in [3.63, 3.8) is 0 Å². The van der Waals surface area contributed by atoms with Crippen molar-refractivity contribution < 1.29 is 14.6 Å². The Labute approximate surface area is 102 Å². The molecule has 0 aromatic heterocycles. The van der Waals surface area contributed by atoms with Crippen LogP contribution in [0.25, 0.3) is 0 Å². The van der Waals surface area contributed by atoms with E-state index in [2.05, 4.69) is 0 Å². The molecule has 4 nitrogen and oxygen atoms in total. The van der Waals surface area contributed by atoms with E-state index in [1.807, 2.05) is 43.3 Å². The first-order valence-corrected chi connectivity index (χ1v) is 5.50. The fourth-order valence-corrected chi connectivity index (χ4v) is 1.99. The van der Waals surface area contributed by atoms with E-state index in [4.69, 9.17) is 9.84 Å². The molecule has 0 spiro atoms. The van der Waals surface area contributed by atoms with E-state index in [-0.39, 0.29) is 6.04 Å². The van der Waals surface area contributed by atoms with Gasteiger partial charge in [-0.2, -0.15) is 0 Å². The number of carbonyl (C=O) groups is 1. The summed E-state index contributed by atoms with van der Waals surface area (Å²) in [5, 5.41) is 9.13. The summed E-state index contributed by atoms with van der Waals surface area (Å²) in [5.41, 5.74) is 0.948. The van der Waals surface area contributed by atoms with Crippen LogP contribution in [0.15, 0.2) is 24.3 Å². The van der Waals surface area contributed by atoms with Crippen LogP contribution >= 0.6 is 0 Å². The van der Waals surface area contributed by atoms with Crippen LogP contribution in [-0.2, 0) is 4.79 Å². The molecule has 1 aromatic carbocycles. The summed E-state index contributed by atoms with van der Waals surface area (Å²) < 4.78 is 5.16. The van der Waals surface area contributed by atoms with E-state index in [0.29, 0.717) is 0 Å². The number of nitrogens with zero attached hydrogens (tertiary/aromatic N) is 1. The number of benzene rings is 1. The molecule has 94 valence electrons. The highest BCUT2D eigenvalue weighted by molar-refractivity contribution is 5.70. The molecule has 0 aliphatic rings. The Balaban J connectivity index is 3.09. The van der Waals surface area contributed by atoms with Gasteiger partial charge in [0.15, 0.2) is 0 Å². The molecule has 0 radical (unpaired) electrons. The summed E-state index contributed by atoms with van der Waals surface area (Å²) in [7, 11) is 5.36. The zero-order valence-corrected chi connectivity index (χ0v) is 10.7. The Bertz CT molecular complexity index is 390. The quantitative estimate of drug-likeness (QED) is 0.851. The third kappa shape index (κ3) is 3.20. The monoisotopic (exact) mass is 237 g/mol. The molecule has 17 heavy (non-hydrogen) atoms. The van der Waals surface area contributed by atoms with Gasteiger partial charge in [0, 0.05) is 6.04 Å². The first-order valence-electron chi connectivity index (χ1n) is 5.50. The zero-order chi connectivity index (χ0) is 13.0. The average Bonchev–Trinajstić information content (AvgIpc) is 2.28. The summed E-state index contributed by atoms with van der Waals surface area (Å²) in [6.45, 7) is 1.71. The number of ether oxygens (including phenoxy) is 1. The normalized spacial score (nSPS) is 14.4. The fourth-order valence-electron chi connectivity index (χ4n) is 1.99. The van der Waals surface area contributed by atoms with Crippen LogP contribution in [0.5, 0.6) is 5.75 Å². The SMILES string of the molecule is COc1cccc(C(C(C)C(=O)O)N(C)C)c1. The van der Waals surface area contributed by atoms with Crippen LogP contribution in [0, 0.1) is 5.92 Å². The molecular formula is C13H19NO3. The minimum absolute atomic E-state index is 0.164. The number of methoxy groups -OCH3 is 1. The molecule has 0 bridgehead atoms. The molecule has 1 aromatic rings. The highest BCUT2D eigenvalue weighted by Crippen LogP contribution is 2.29. The van der Waals surface area contributed by atoms with Gasteiger partial charge in [-0.1, -0.05) is 19.1 Å². The number of hydrogen-bond donors (Lipinski definition) is 1. The van der Waals surface area contributed by atoms with Gasteiger partial charge in [-0.15, -0.1) is 0 Å².